The monoisotopic (exact) mass is 182 g/mol. The molecule has 13 heavy (non-hydrogen) atoms. The molecule has 0 aromatic rings. The summed E-state index contributed by atoms with van der Waals surface area (Å²) in [5.74, 6) is 1.09. The summed E-state index contributed by atoms with van der Waals surface area (Å²) in [5.41, 5.74) is -0.397. The first-order valence-corrected chi connectivity index (χ1v) is 5.35. The third-order valence-corrected chi connectivity index (χ3v) is 3.76. The lowest BCUT2D eigenvalue weighted by atomic mass is 9.75. The van der Waals surface area contributed by atoms with Crippen LogP contribution < -0.4 is 0 Å². The molecular weight excluding hydrogens is 164 g/mol. The van der Waals surface area contributed by atoms with Gasteiger partial charge in [0, 0.05) is 5.92 Å². The average Bonchev–Trinajstić information content (AvgIpc) is 2.87. The van der Waals surface area contributed by atoms with Gasteiger partial charge in [-0.25, -0.2) is 0 Å². The van der Waals surface area contributed by atoms with Crippen LogP contribution in [-0.2, 0) is 4.79 Å². The van der Waals surface area contributed by atoms with E-state index >= 15 is 0 Å². The molecule has 0 unspecified atom stereocenters. The molecule has 2 aliphatic rings. The summed E-state index contributed by atoms with van der Waals surface area (Å²) in [4.78, 5) is 11.1. The summed E-state index contributed by atoms with van der Waals surface area (Å²) < 4.78 is 0. The molecule has 0 bridgehead atoms. The summed E-state index contributed by atoms with van der Waals surface area (Å²) in [6, 6.07) is 0. The molecule has 2 saturated carbocycles. The van der Waals surface area contributed by atoms with Crippen molar-refractivity contribution in [3.63, 3.8) is 0 Å². The molecule has 0 radical (unpaired) electrons. The number of rotatable bonds is 2. The molecule has 0 aliphatic heterocycles. The summed E-state index contributed by atoms with van der Waals surface area (Å²) in [7, 11) is 0. The second kappa shape index (κ2) is 3.09. The van der Waals surface area contributed by atoms with E-state index in [1.807, 2.05) is 0 Å². The van der Waals surface area contributed by atoms with E-state index in [9.17, 15) is 9.90 Å². The first kappa shape index (κ1) is 9.20. The lowest BCUT2D eigenvalue weighted by Gasteiger charge is -2.35. The second-order valence-corrected chi connectivity index (χ2v) is 4.76. The highest BCUT2D eigenvalue weighted by Gasteiger charge is 2.45. The molecule has 0 spiro atoms. The normalized spacial score (nSPS) is 40.3. The van der Waals surface area contributed by atoms with Gasteiger partial charge >= 0.3 is 0 Å². The molecule has 0 amide bonds. The highest BCUT2D eigenvalue weighted by Crippen LogP contribution is 2.48. The van der Waals surface area contributed by atoms with Crippen molar-refractivity contribution in [2.75, 3.05) is 0 Å². The van der Waals surface area contributed by atoms with Gasteiger partial charge in [-0.1, -0.05) is 0 Å². The third kappa shape index (κ3) is 1.78. The summed E-state index contributed by atoms with van der Waals surface area (Å²) in [6.07, 6.45) is 5.90. The predicted octanol–water partition coefficient (Wildman–Crippen LogP) is 1.91. The van der Waals surface area contributed by atoms with Crippen LogP contribution in [0.2, 0.25) is 0 Å². The Labute approximate surface area is 79.3 Å². The molecule has 0 atom stereocenters. The highest BCUT2D eigenvalue weighted by atomic mass is 16.3. The Morgan fingerprint density at radius 1 is 1.23 bits per heavy atom. The quantitative estimate of drug-likeness (QED) is 0.708. The lowest BCUT2D eigenvalue weighted by Crippen LogP contribution is -2.37. The van der Waals surface area contributed by atoms with E-state index in [1.165, 1.54) is 12.8 Å². The van der Waals surface area contributed by atoms with Gasteiger partial charge in [0.2, 0.25) is 0 Å². The Bertz CT molecular complexity index is 210. The van der Waals surface area contributed by atoms with Crippen molar-refractivity contribution in [2.45, 2.75) is 51.0 Å². The molecule has 2 heteroatoms. The van der Waals surface area contributed by atoms with Crippen molar-refractivity contribution in [1.82, 2.24) is 0 Å². The van der Waals surface area contributed by atoms with Crippen molar-refractivity contribution < 1.29 is 9.90 Å². The SMILES string of the molecule is CC(=O)C1CCC(O)(C2CC2)CC1. The topological polar surface area (TPSA) is 37.3 Å². The van der Waals surface area contributed by atoms with Gasteiger partial charge in [-0.3, -0.25) is 4.79 Å². The number of hydrogen-bond donors (Lipinski definition) is 1. The number of aliphatic hydroxyl groups is 1. The number of ketones is 1. The molecule has 0 aromatic heterocycles. The van der Waals surface area contributed by atoms with Gasteiger partial charge in [-0.2, -0.15) is 0 Å². The molecule has 2 fully saturated rings. The minimum atomic E-state index is -0.397. The molecule has 0 saturated heterocycles. The third-order valence-electron chi connectivity index (χ3n) is 3.76. The van der Waals surface area contributed by atoms with Gasteiger partial charge in [-0.05, 0) is 51.4 Å². The fourth-order valence-electron chi connectivity index (χ4n) is 2.55. The van der Waals surface area contributed by atoms with Gasteiger partial charge in [-0.15, -0.1) is 0 Å². The van der Waals surface area contributed by atoms with Crippen LogP contribution in [-0.4, -0.2) is 16.5 Å². The molecule has 2 rings (SSSR count). The van der Waals surface area contributed by atoms with E-state index in [-0.39, 0.29) is 5.92 Å². The van der Waals surface area contributed by atoms with E-state index in [2.05, 4.69) is 0 Å². The van der Waals surface area contributed by atoms with Crippen molar-refractivity contribution in [2.24, 2.45) is 11.8 Å². The Morgan fingerprint density at radius 2 is 1.77 bits per heavy atom. The van der Waals surface area contributed by atoms with Crippen molar-refractivity contribution in [1.29, 1.82) is 0 Å². The predicted molar refractivity (Wildman–Crippen MR) is 50.3 cm³/mol. The van der Waals surface area contributed by atoms with Crippen LogP contribution >= 0.6 is 0 Å². The smallest absolute Gasteiger partial charge is 0.132 e. The van der Waals surface area contributed by atoms with Gasteiger partial charge in [0.05, 0.1) is 5.60 Å². The summed E-state index contributed by atoms with van der Waals surface area (Å²) in [6.45, 7) is 1.67. The van der Waals surface area contributed by atoms with Crippen LogP contribution in [0, 0.1) is 11.8 Å². The maximum absolute atomic E-state index is 11.1. The number of hydrogen-bond acceptors (Lipinski definition) is 2. The van der Waals surface area contributed by atoms with E-state index in [0.717, 1.165) is 25.7 Å². The molecule has 2 aliphatic carbocycles. The number of carbonyl (C=O) groups excluding carboxylic acids is 1. The molecule has 74 valence electrons. The van der Waals surface area contributed by atoms with Crippen molar-refractivity contribution in [3.05, 3.63) is 0 Å². The molecule has 1 N–H and O–H groups in total. The molecule has 0 aromatic carbocycles. The van der Waals surface area contributed by atoms with Gasteiger partial charge < -0.3 is 5.11 Å². The maximum atomic E-state index is 11.1. The lowest BCUT2D eigenvalue weighted by molar-refractivity contribution is -0.124. The number of carbonyl (C=O) groups is 1. The van der Waals surface area contributed by atoms with Crippen LogP contribution in [0.15, 0.2) is 0 Å². The Balaban J connectivity index is 1.91. The Kier molecular flexibility index (Phi) is 2.18. The van der Waals surface area contributed by atoms with Crippen molar-refractivity contribution in [3.8, 4) is 0 Å². The fourth-order valence-corrected chi connectivity index (χ4v) is 2.55. The van der Waals surface area contributed by atoms with Crippen LogP contribution in [0.1, 0.15) is 45.4 Å². The zero-order valence-electron chi connectivity index (χ0n) is 8.25. The van der Waals surface area contributed by atoms with E-state index in [4.69, 9.17) is 0 Å². The highest BCUT2D eigenvalue weighted by molar-refractivity contribution is 5.78. The Hall–Kier alpha value is -0.370. The van der Waals surface area contributed by atoms with Gasteiger partial charge in [0.1, 0.15) is 5.78 Å². The standard InChI is InChI=1S/C11H18O2/c1-8(12)9-4-6-11(13,7-5-9)10-2-3-10/h9-10,13H,2-7H2,1H3. The second-order valence-electron chi connectivity index (χ2n) is 4.76. The maximum Gasteiger partial charge on any atom is 0.132 e. The van der Waals surface area contributed by atoms with Crippen LogP contribution in [0.4, 0.5) is 0 Å². The molecule has 2 nitrogen and oxygen atoms in total. The van der Waals surface area contributed by atoms with Crippen LogP contribution in [0.25, 0.3) is 0 Å². The minimum absolute atomic E-state index is 0.235. The summed E-state index contributed by atoms with van der Waals surface area (Å²) in [5, 5.41) is 10.2. The first-order valence-electron chi connectivity index (χ1n) is 5.35. The van der Waals surface area contributed by atoms with E-state index in [0.29, 0.717) is 11.7 Å². The fraction of sp³-hybridized carbons (Fsp3) is 0.909. The zero-order chi connectivity index (χ0) is 9.47. The summed E-state index contributed by atoms with van der Waals surface area (Å²) >= 11 is 0. The van der Waals surface area contributed by atoms with Crippen LogP contribution in [0.3, 0.4) is 0 Å². The average molecular weight is 182 g/mol. The van der Waals surface area contributed by atoms with Crippen molar-refractivity contribution >= 4 is 5.78 Å². The first-order chi connectivity index (χ1) is 6.12. The van der Waals surface area contributed by atoms with E-state index < -0.39 is 5.60 Å². The minimum Gasteiger partial charge on any atom is -0.390 e. The zero-order valence-corrected chi connectivity index (χ0v) is 8.25. The largest absolute Gasteiger partial charge is 0.390 e. The van der Waals surface area contributed by atoms with Crippen LogP contribution in [0.5, 0.6) is 0 Å². The Morgan fingerprint density at radius 3 is 2.15 bits per heavy atom. The molecular formula is C11H18O2. The van der Waals surface area contributed by atoms with Gasteiger partial charge in [0.15, 0.2) is 0 Å². The molecule has 0 heterocycles. The van der Waals surface area contributed by atoms with E-state index in [1.54, 1.807) is 6.92 Å². The number of Topliss-reactive ketones (excluding diaryl/α,β-unsaturated/α-hetero) is 1. The van der Waals surface area contributed by atoms with Gasteiger partial charge in [0.25, 0.3) is 0 Å².